The van der Waals surface area contributed by atoms with Gasteiger partial charge in [-0.2, -0.15) is 5.10 Å². The molecule has 78 valence electrons. The van der Waals surface area contributed by atoms with Gasteiger partial charge in [-0.3, -0.25) is 0 Å². The van der Waals surface area contributed by atoms with E-state index in [1.165, 1.54) is 6.20 Å². The third-order valence-corrected chi connectivity index (χ3v) is 2.56. The van der Waals surface area contributed by atoms with E-state index in [2.05, 4.69) is 15.4 Å². The average Bonchev–Trinajstić information content (AvgIpc) is 2.75. The van der Waals surface area contributed by atoms with Crippen LogP contribution < -0.4 is 0 Å². The highest BCUT2D eigenvalue weighted by molar-refractivity contribution is 6.34. The molecule has 16 heavy (non-hydrogen) atoms. The standard InChI is InChI=1S/C11H6ClN3O/c12-11-9-8(6-13-14-11)16-15-10(9)7-4-2-1-3-5-7/h1-6H. The van der Waals surface area contributed by atoms with Crippen molar-refractivity contribution in [3.05, 3.63) is 41.7 Å². The number of nitrogens with zero attached hydrogens (tertiary/aromatic N) is 3. The van der Waals surface area contributed by atoms with Crippen molar-refractivity contribution in [1.82, 2.24) is 15.4 Å². The van der Waals surface area contributed by atoms with E-state index in [1.54, 1.807) is 0 Å². The van der Waals surface area contributed by atoms with Crippen LogP contribution in [-0.2, 0) is 0 Å². The molecule has 2 aromatic heterocycles. The van der Waals surface area contributed by atoms with Crippen molar-refractivity contribution in [3.8, 4) is 11.3 Å². The van der Waals surface area contributed by atoms with Crippen molar-refractivity contribution in [3.63, 3.8) is 0 Å². The van der Waals surface area contributed by atoms with Crippen molar-refractivity contribution in [2.75, 3.05) is 0 Å². The van der Waals surface area contributed by atoms with E-state index < -0.39 is 0 Å². The predicted molar refractivity (Wildman–Crippen MR) is 60.0 cm³/mol. The Hall–Kier alpha value is -1.94. The van der Waals surface area contributed by atoms with E-state index in [9.17, 15) is 0 Å². The van der Waals surface area contributed by atoms with Crippen LogP contribution in [0.5, 0.6) is 0 Å². The Bertz CT molecular complexity index is 636. The number of rotatable bonds is 1. The van der Waals surface area contributed by atoms with Crippen LogP contribution in [0, 0.1) is 0 Å². The Morgan fingerprint density at radius 3 is 2.75 bits per heavy atom. The Kier molecular flexibility index (Phi) is 2.08. The maximum atomic E-state index is 5.98. The largest absolute Gasteiger partial charge is 0.354 e. The van der Waals surface area contributed by atoms with Gasteiger partial charge in [-0.25, -0.2) is 0 Å². The summed E-state index contributed by atoms with van der Waals surface area (Å²) in [6.45, 7) is 0. The molecule has 0 saturated carbocycles. The molecule has 1 aromatic carbocycles. The lowest BCUT2D eigenvalue weighted by atomic mass is 10.1. The third-order valence-electron chi connectivity index (χ3n) is 2.29. The van der Waals surface area contributed by atoms with Crippen molar-refractivity contribution >= 4 is 22.6 Å². The van der Waals surface area contributed by atoms with E-state index in [1.807, 2.05) is 30.3 Å². The predicted octanol–water partition coefficient (Wildman–Crippen LogP) is 2.94. The van der Waals surface area contributed by atoms with Gasteiger partial charge >= 0.3 is 0 Å². The molecule has 0 aliphatic heterocycles. The normalized spacial score (nSPS) is 10.8. The highest BCUT2D eigenvalue weighted by atomic mass is 35.5. The quantitative estimate of drug-likeness (QED) is 0.646. The first kappa shape index (κ1) is 9.30. The molecule has 2 heterocycles. The summed E-state index contributed by atoms with van der Waals surface area (Å²) < 4.78 is 5.15. The second kappa shape index (κ2) is 3.57. The number of aromatic nitrogens is 3. The first-order chi connectivity index (χ1) is 7.86. The first-order valence-electron chi connectivity index (χ1n) is 4.68. The highest BCUT2D eigenvalue weighted by Crippen LogP contribution is 2.30. The fraction of sp³-hybridized carbons (Fsp3) is 0. The smallest absolute Gasteiger partial charge is 0.190 e. The topological polar surface area (TPSA) is 51.8 Å². The maximum Gasteiger partial charge on any atom is 0.190 e. The van der Waals surface area contributed by atoms with Gasteiger partial charge in [-0.15, -0.1) is 5.10 Å². The minimum absolute atomic E-state index is 0.303. The molecule has 3 rings (SSSR count). The number of halogens is 1. The molecule has 0 bridgehead atoms. The van der Waals surface area contributed by atoms with Crippen molar-refractivity contribution in [1.29, 1.82) is 0 Å². The zero-order valence-corrected chi connectivity index (χ0v) is 8.85. The summed E-state index contributed by atoms with van der Waals surface area (Å²) in [6.07, 6.45) is 1.50. The number of fused-ring (bicyclic) bond motifs is 1. The number of hydrogen-bond acceptors (Lipinski definition) is 4. The fourth-order valence-corrected chi connectivity index (χ4v) is 1.79. The molecule has 0 radical (unpaired) electrons. The molecule has 5 heteroatoms. The summed E-state index contributed by atoms with van der Waals surface area (Å²) >= 11 is 5.98. The van der Waals surface area contributed by atoms with Crippen LogP contribution in [0.1, 0.15) is 0 Å². The van der Waals surface area contributed by atoms with Crippen LogP contribution in [0.3, 0.4) is 0 Å². The SMILES string of the molecule is Clc1nncc2onc(-c3ccccc3)c12. The van der Waals surface area contributed by atoms with E-state index >= 15 is 0 Å². The van der Waals surface area contributed by atoms with E-state index in [4.69, 9.17) is 16.1 Å². The lowest BCUT2D eigenvalue weighted by Crippen LogP contribution is -1.83. The second-order valence-corrected chi connectivity index (χ2v) is 3.63. The van der Waals surface area contributed by atoms with Gasteiger partial charge in [0, 0.05) is 5.56 Å². The van der Waals surface area contributed by atoms with Crippen LogP contribution in [0.15, 0.2) is 41.1 Å². The molecule has 0 spiro atoms. The van der Waals surface area contributed by atoms with Gasteiger partial charge < -0.3 is 4.52 Å². The number of hydrogen-bond donors (Lipinski definition) is 0. The first-order valence-corrected chi connectivity index (χ1v) is 5.06. The molecule has 0 atom stereocenters. The maximum absolute atomic E-state index is 5.98. The second-order valence-electron chi connectivity index (χ2n) is 3.27. The Morgan fingerprint density at radius 1 is 1.12 bits per heavy atom. The summed E-state index contributed by atoms with van der Waals surface area (Å²) in [4.78, 5) is 0. The molecule has 0 aliphatic rings. The average molecular weight is 232 g/mol. The summed E-state index contributed by atoms with van der Waals surface area (Å²) in [5.41, 5.74) is 2.17. The third kappa shape index (κ3) is 1.35. The molecule has 4 nitrogen and oxygen atoms in total. The zero-order valence-electron chi connectivity index (χ0n) is 8.09. The fourth-order valence-electron chi connectivity index (χ4n) is 1.57. The Balaban J connectivity index is 2.33. The summed E-state index contributed by atoms with van der Waals surface area (Å²) in [6, 6.07) is 9.67. The van der Waals surface area contributed by atoms with Gasteiger partial charge in [0.05, 0.1) is 11.6 Å². The molecular weight excluding hydrogens is 226 g/mol. The monoisotopic (exact) mass is 231 g/mol. The van der Waals surface area contributed by atoms with Gasteiger partial charge in [0.15, 0.2) is 10.7 Å². The molecule has 3 aromatic rings. The molecule has 0 fully saturated rings. The molecule has 0 N–H and O–H groups in total. The van der Waals surface area contributed by atoms with Crippen LogP contribution >= 0.6 is 11.6 Å². The van der Waals surface area contributed by atoms with Crippen molar-refractivity contribution < 1.29 is 4.52 Å². The minimum atomic E-state index is 0.303. The summed E-state index contributed by atoms with van der Waals surface area (Å²) in [5.74, 6) is 0. The summed E-state index contributed by atoms with van der Waals surface area (Å²) in [5, 5.41) is 12.5. The minimum Gasteiger partial charge on any atom is -0.354 e. The van der Waals surface area contributed by atoms with Crippen LogP contribution in [0.4, 0.5) is 0 Å². The van der Waals surface area contributed by atoms with E-state index in [-0.39, 0.29) is 0 Å². The van der Waals surface area contributed by atoms with Gasteiger partial charge in [0.1, 0.15) is 5.69 Å². The lowest BCUT2D eigenvalue weighted by Gasteiger charge is -1.95. The molecule has 0 aliphatic carbocycles. The van der Waals surface area contributed by atoms with Gasteiger partial charge in [-0.1, -0.05) is 47.1 Å². The van der Waals surface area contributed by atoms with Crippen LogP contribution in [0.2, 0.25) is 5.15 Å². The van der Waals surface area contributed by atoms with E-state index in [0.717, 1.165) is 5.56 Å². The highest BCUT2D eigenvalue weighted by Gasteiger charge is 2.14. The van der Waals surface area contributed by atoms with Crippen molar-refractivity contribution in [2.24, 2.45) is 0 Å². The molecule has 0 unspecified atom stereocenters. The molecule has 0 saturated heterocycles. The van der Waals surface area contributed by atoms with Crippen molar-refractivity contribution in [2.45, 2.75) is 0 Å². The molecule has 0 amide bonds. The van der Waals surface area contributed by atoms with Gasteiger partial charge in [0.25, 0.3) is 0 Å². The summed E-state index contributed by atoms with van der Waals surface area (Å²) in [7, 11) is 0. The number of benzene rings is 1. The van der Waals surface area contributed by atoms with Crippen LogP contribution in [0.25, 0.3) is 22.2 Å². The molecular formula is C11H6ClN3O. The Labute approximate surface area is 95.8 Å². The van der Waals surface area contributed by atoms with Gasteiger partial charge in [-0.05, 0) is 0 Å². The van der Waals surface area contributed by atoms with Gasteiger partial charge in [0.2, 0.25) is 0 Å². The Morgan fingerprint density at radius 2 is 1.94 bits per heavy atom. The zero-order chi connectivity index (χ0) is 11.0. The lowest BCUT2D eigenvalue weighted by molar-refractivity contribution is 0.458. The van der Waals surface area contributed by atoms with Crippen LogP contribution in [-0.4, -0.2) is 15.4 Å². The van der Waals surface area contributed by atoms with E-state index in [0.29, 0.717) is 21.8 Å².